The van der Waals surface area contributed by atoms with E-state index >= 15 is 0 Å². The van der Waals surface area contributed by atoms with Crippen molar-refractivity contribution in [3.8, 4) is 6.08 Å². The van der Waals surface area contributed by atoms with Gasteiger partial charge in [-0.1, -0.05) is 51.9 Å². The van der Waals surface area contributed by atoms with Gasteiger partial charge < -0.3 is 13.9 Å². The SMILES string of the molecule is CCCCCCCCCCc1cc2c(=O)oc(OCCOC)nc2s1. The number of aromatic nitrogens is 1. The fraction of sp³-hybridized carbons (Fsp3) is 0.684. The fourth-order valence-electron chi connectivity index (χ4n) is 2.73. The van der Waals surface area contributed by atoms with Gasteiger partial charge in [0.2, 0.25) is 0 Å². The van der Waals surface area contributed by atoms with Gasteiger partial charge in [0.25, 0.3) is 0 Å². The summed E-state index contributed by atoms with van der Waals surface area (Å²) in [7, 11) is 1.59. The van der Waals surface area contributed by atoms with Crippen molar-refractivity contribution in [3.63, 3.8) is 0 Å². The highest BCUT2D eigenvalue weighted by Crippen LogP contribution is 2.25. The van der Waals surface area contributed by atoms with Crippen LogP contribution < -0.4 is 10.4 Å². The van der Waals surface area contributed by atoms with Crippen molar-refractivity contribution in [2.24, 2.45) is 0 Å². The lowest BCUT2D eigenvalue weighted by atomic mass is 10.1. The van der Waals surface area contributed by atoms with Crippen molar-refractivity contribution in [2.45, 2.75) is 64.7 Å². The van der Waals surface area contributed by atoms with Crippen molar-refractivity contribution in [3.05, 3.63) is 21.4 Å². The van der Waals surface area contributed by atoms with E-state index < -0.39 is 0 Å². The summed E-state index contributed by atoms with van der Waals surface area (Å²) in [5.74, 6) is 0. The maximum Gasteiger partial charge on any atom is 0.397 e. The second-order valence-corrected chi connectivity index (χ2v) is 7.38. The lowest BCUT2D eigenvalue weighted by Gasteiger charge is -2.01. The Bertz CT molecular complexity index is 680. The summed E-state index contributed by atoms with van der Waals surface area (Å²) in [6.45, 7) is 2.99. The van der Waals surface area contributed by atoms with Gasteiger partial charge in [0.15, 0.2) is 0 Å². The van der Waals surface area contributed by atoms with Crippen LogP contribution in [0.1, 0.15) is 63.2 Å². The number of nitrogens with zero attached hydrogens (tertiary/aromatic N) is 1. The molecule has 6 heteroatoms. The molecule has 0 aromatic carbocycles. The number of unbranched alkanes of at least 4 members (excludes halogenated alkanes) is 7. The van der Waals surface area contributed by atoms with Crippen molar-refractivity contribution < 1.29 is 13.9 Å². The van der Waals surface area contributed by atoms with E-state index in [0.717, 1.165) is 12.8 Å². The minimum atomic E-state index is -0.379. The average Bonchev–Trinajstić information content (AvgIpc) is 3.01. The molecule has 0 fully saturated rings. The molecule has 5 nitrogen and oxygen atoms in total. The van der Waals surface area contributed by atoms with E-state index in [1.54, 1.807) is 18.4 Å². The zero-order valence-electron chi connectivity index (χ0n) is 15.3. The van der Waals surface area contributed by atoms with Crippen molar-refractivity contribution in [2.75, 3.05) is 20.3 Å². The van der Waals surface area contributed by atoms with E-state index in [1.165, 1.54) is 49.8 Å². The molecule has 0 saturated carbocycles. The highest BCUT2D eigenvalue weighted by Gasteiger charge is 2.11. The quantitative estimate of drug-likeness (QED) is 0.468. The van der Waals surface area contributed by atoms with E-state index in [0.29, 0.717) is 23.4 Å². The minimum Gasteiger partial charge on any atom is -0.448 e. The third-order valence-corrected chi connectivity index (χ3v) is 5.23. The predicted molar refractivity (Wildman–Crippen MR) is 102 cm³/mol. The Labute approximate surface area is 153 Å². The van der Waals surface area contributed by atoms with Gasteiger partial charge in [-0.05, 0) is 18.9 Å². The third-order valence-electron chi connectivity index (χ3n) is 4.15. The van der Waals surface area contributed by atoms with Crippen LogP contribution in [0.5, 0.6) is 6.08 Å². The monoisotopic (exact) mass is 367 g/mol. The largest absolute Gasteiger partial charge is 0.448 e. The Morgan fingerprint density at radius 1 is 1.08 bits per heavy atom. The summed E-state index contributed by atoms with van der Waals surface area (Å²) >= 11 is 1.56. The Hall–Kier alpha value is -1.40. The number of hydrogen-bond acceptors (Lipinski definition) is 6. The van der Waals surface area contributed by atoms with Gasteiger partial charge in [-0.2, -0.15) is 4.98 Å². The summed E-state index contributed by atoms with van der Waals surface area (Å²) < 4.78 is 15.3. The molecule has 2 aromatic heterocycles. The zero-order valence-corrected chi connectivity index (χ0v) is 16.2. The smallest absolute Gasteiger partial charge is 0.397 e. The molecule has 0 amide bonds. The van der Waals surface area contributed by atoms with Crippen LogP contribution in [0, 0.1) is 0 Å². The van der Waals surface area contributed by atoms with Gasteiger partial charge in [0.1, 0.15) is 11.4 Å². The lowest BCUT2D eigenvalue weighted by Crippen LogP contribution is -2.08. The number of hydrogen-bond donors (Lipinski definition) is 0. The van der Waals surface area contributed by atoms with Crippen molar-refractivity contribution >= 4 is 21.6 Å². The molecule has 0 bridgehead atoms. The second-order valence-electron chi connectivity index (χ2n) is 6.26. The number of ether oxygens (including phenoxy) is 2. The number of methoxy groups -OCH3 is 1. The molecule has 0 spiro atoms. The topological polar surface area (TPSA) is 61.6 Å². The van der Waals surface area contributed by atoms with Crippen LogP contribution in [0.25, 0.3) is 10.2 Å². The van der Waals surface area contributed by atoms with Gasteiger partial charge in [-0.3, -0.25) is 0 Å². The summed E-state index contributed by atoms with van der Waals surface area (Å²) in [4.78, 5) is 18.2. The molecule has 0 aliphatic carbocycles. The number of thiophene rings is 1. The summed E-state index contributed by atoms with van der Waals surface area (Å²) in [5, 5.41) is 0.554. The third kappa shape index (κ3) is 6.78. The standard InChI is InChI=1S/C19H29NO4S/c1-3-4-5-6-7-8-9-10-11-15-14-16-17(25-15)20-19(24-18(16)21)23-13-12-22-2/h14H,3-13H2,1-2H3. The van der Waals surface area contributed by atoms with E-state index in [9.17, 15) is 4.79 Å². The highest BCUT2D eigenvalue weighted by atomic mass is 32.1. The van der Waals surface area contributed by atoms with Crippen LogP contribution in [-0.2, 0) is 11.2 Å². The first-order valence-electron chi connectivity index (χ1n) is 9.30. The van der Waals surface area contributed by atoms with E-state index in [1.807, 2.05) is 6.07 Å². The van der Waals surface area contributed by atoms with E-state index in [-0.39, 0.29) is 11.7 Å². The fourth-order valence-corrected chi connectivity index (χ4v) is 3.77. The van der Waals surface area contributed by atoms with E-state index in [2.05, 4.69) is 11.9 Å². The van der Waals surface area contributed by atoms with Crippen LogP contribution in [0.2, 0.25) is 0 Å². The molecule has 0 aliphatic heterocycles. The van der Waals surface area contributed by atoms with Crippen LogP contribution >= 0.6 is 11.3 Å². The maximum absolute atomic E-state index is 12.0. The molecule has 0 aliphatic rings. The van der Waals surface area contributed by atoms with Gasteiger partial charge in [0.05, 0.1) is 12.0 Å². The van der Waals surface area contributed by atoms with Crippen LogP contribution in [-0.4, -0.2) is 25.3 Å². The minimum absolute atomic E-state index is 0.0232. The Morgan fingerprint density at radius 2 is 1.80 bits per heavy atom. The molecule has 2 heterocycles. The first-order chi connectivity index (χ1) is 12.2. The molecular formula is C19H29NO4S. The Balaban J connectivity index is 1.80. The molecule has 0 radical (unpaired) electrons. The second kappa shape index (κ2) is 11.3. The average molecular weight is 368 g/mol. The van der Waals surface area contributed by atoms with Crippen LogP contribution in [0.3, 0.4) is 0 Å². The first-order valence-corrected chi connectivity index (χ1v) is 10.1. The lowest BCUT2D eigenvalue weighted by molar-refractivity contribution is 0.122. The highest BCUT2D eigenvalue weighted by molar-refractivity contribution is 7.18. The van der Waals surface area contributed by atoms with Crippen LogP contribution in [0.4, 0.5) is 0 Å². The van der Waals surface area contributed by atoms with Gasteiger partial charge >= 0.3 is 11.7 Å². The first kappa shape index (κ1) is 19.9. The molecular weight excluding hydrogens is 338 g/mol. The van der Waals surface area contributed by atoms with Crippen molar-refractivity contribution in [1.82, 2.24) is 4.98 Å². The van der Waals surface area contributed by atoms with Gasteiger partial charge in [0, 0.05) is 12.0 Å². The zero-order chi connectivity index (χ0) is 17.9. The molecule has 0 N–H and O–H groups in total. The van der Waals surface area contributed by atoms with E-state index in [4.69, 9.17) is 13.9 Å². The number of fused-ring (bicyclic) bond motifs is 1. The van der Waals surface area contributed by atoms with Crippen LogP contribution in [0.15, 0.2) is 15.3 Å². The molecule has 140 valence electrons. The number of rotatable bonds is 13. The molecule has 0 unspecified atom stereocenters. The van der Waals surface area contributed by atoms with Gasteiger partial charge in [-0.25, -0.2) is 4.79 Å². The number of aryl methyl sites for hydroxylation is 1. The Morgan fingerprint density at radius 3 is 2.52 bits per heavy atom. The predicted octanol–water partition coefficient (Wildman–Crippen LogP) is 4.96. The molecule has 25 heavy (non-hydrogen) atoms. The molecule has 0 saturated heterocycles. The Kier molecular flexibility index (Phi) is 8.97. The molecule has 2 rings (SSSR count). The molecule has 0 atom stereocenters. The maximum atomic E-state index is 12.0. The summed E-state index contributed by atoms with van der Waals surface area (Å²) in [5.41, 5.74) is -0.379. The normalized spacial score (nSPS) is 11.3. The van der Waals surface area contributed by atoms with Crippen molar-refractivity contribution in [1.29, 1.82) is 0 Å². The summed E-state index contributed by atoms with van der Waals surface area (Å²) in [6, 6.07) is 1.92. The molecule has 2 aromatic rings. The van der Waals surface area contributed by atoms with Gasteiger partial charge in [-0.15, -0.1) is 11.3 Å². The summed E-state index contributed by atoms with van der Waals surface area (Å²) in [6.07, 6.45) is 11.4.